The number of nitrogens with zero attached hydrogens (tertiary/aromatic N) is 2. The summed E-state index contributed by atoms with van der Waals surface area (Å²) in [6.45, 7) is 0.587. The highest BCUT2D eigenvalue weighted by Gasteiger charge is 2.41. The van der Waals surface area contributed by atoms with Gasteiger partial charge in [0.25, 0.3) is 0 Å². The Morgan fingerprint density at radius 2 is 2.11 bits per heavy atom. The molecule has 4 rings (SSSR count). The van der Waals surface area contributed by atoms with Crippen LogP contribution in [0.3, 0.4) is 0 Å². The Morgan fingerprint density at radius 3 is 2.79 bits per heavy atom. The number of aromatic nitrogens is 1. The zero-order valence-corrected chi connectivity index (χ0v) is 17.9. The summed E-state index contributed by atoms with van der Waals surface area (Å²) < 4.78 is 24.5. The fraction of sp³-hybridized carbons (Fsp3) is 0.400. The van der Waals surface area contributed by atoms with Crippen molar-refractivity contribution in [2.75, 3.05) is 7.05 Å². The van der Waals surface area contributed by atoms with Crippen LogP contribution < -0.4 is 15.4 Å². The van der Waals surface area contributed by atoms with Crippen molar-refractivity contribution in [1.29, 1.82) is 0 Å². The molecular weight excluding hydrogens is 474 g/mol. The van der Waals surface area contributed by atoms with E-state index in [2.05, 4.69) is 20.6 Å². The molecule has 0 saturated carbocycles. The molecule has 2 saturated heterocycles. The minimum Gasteiger partial charge on any atom is -0.439 e. The molecule has 0 radical (unpaired) electrons. The molecule has 28 heavy (non-hydrogen) atoms. The van der Waals surface area contributed by atoms with Gasteiger partial charge in [0, 0.05) is 25.9 Å². The third-order valence-electron chi connectivity index (χ3n) is 4.95. The van der Waals surface area contributed by atoms with Crippen molar-refractivity contribution in [3.05, 3.63) is 54.0 Å². The van der Waals surface area contributed by atoms with Crippen LogP contribution in [0.15, 0.2) is 47.6 Å². The van der Waals surface area contributed by atoms with Gasteiger partial charge in [-0.2, -0.15) is 0 Å². The van der Waals surface area contributed by atoms with E-state index in [0.29, 0.717) is 36.4 Å². The number of hydrogen-bond donors (Lipinski definition) is 2. The van der Waals surface area contributed by atoms with Crippen LogP contribution in [0.5, 0.6) is 11.6 Å². The maximum atomic E-state index is 13.0. The molecule has 2 N–H and O–H groups in total. The van der Waals surface area contributed by atoms with Gasteiger partial charge >= 0.3 is 0 Å². The lowest BCUT2D eigenvalue weighted by Gasteiger charge is -2.22. The molecule has 150 valence electrons. The molecule has 3 atom stereocenters. The van der Waals surface area contributed by atoms with Crippen LogP contribution in [0.25, 0.3) is 0 Å². The van der Waals surface area contributed by atoms with Gasteiger partial charge in [0.1, 0.15) is 11.6 Å². The zero-order chi connectivity index (χ0) is 18.6. The van der Waals surface area contributed by atoms with Crippen LogP contribution in [0.2, 0.25) is 0 Å². The first-order chi connectivity index (χ1) is 13.2. The Bertz CT molecular complexity index is 818. The summed E-state index contributed by atoms with van der Waals surface area (Å²) in [6, 6.07) is 9.95. The van der Waals surface area contributed by atoms with E-state index in [1.807, 2.05) is 12.1 Å². The third-order valence-corrected chi connectivity index (χ3v) is 4.95. The van der Waals surface area contributed by atoms with Crippen molar-refractivity contribution in [2.24, 2.45) is 4.99 Å². The summed E-state index contributed by atoms with van der Waals surface area (Å²) >= 11 is 0. The van der Waals surface area contributed by atoms with Gasteiger partial charge in [-0.05, 0) is 55.2 Å². The topological polar surface area (TPSA) is 67.8 Å². The molecule has 0 aliphatic carbocycles. The number of aliphatic imine (C=N–C) groups is 1. The zero-order valence-electron chi connectivity index (χ0n) is 15.6. The van der Waals surface area contributed by atoms with E-state index < -0.39 is 0 Å². The Morgan fingerprint density at radius 1 is 1.29 bits per heavy atom. The Kier molecular flexibility index (Phi) is 7.06. The van der Waals surface area contributed by atoms with E-state index in [4.69, 9.17) is 9.47 Å². The van der Waals surface area contributed by atoms with Crippen molar-refractivity contribution in [2.45, 2.75) is 44.1 Å². The number of pyridine rings is 1. The summed E-state index contributed by atoms with van der Waals surface area (Å²) in [5, 5.41) is 6.78. The molecule has 0 amide bonds. The number of guanidine groups is 1. The SMILES string of the molecule is CN=C(NCc1ccnc(Oc2ccc(F)cc2)c1)NC1CC2CCC1O2.I. The van der Waals surface area contributed by atoms with Crippen LogP contribution in [0.1, 0.15) is 24.8 Å². The highest BCUT2D eigenvalue weighted by atomic mass is 127. The van der Waals surface area contributed by atoms with Crippen molar-refractivity contribution in [3.8, 4) is 11.6 Å². The molecule has 2 aromatic rings. The molecule has 3 unspecified atom stereocenters. The quantitative estimate of drug-likeness (QED) is 0.375. The molecular formula is C20H24FIN4O2. The number of benzene rings is 1. The first kappa shape index (κ1) is 20.8. The maximum Gasteiger partial charge on any atom is 0.219 e. The summed E-state index contributed by atoms with van der Waals surface area (Å²) in [5.41, 5.74) is 1.01. The van der Waals surface area contributed by atoms with Gasteiger partial charge in [0.15, 0.2) is 5.96 Å². The Labute approximate surface area is 181 Å². The highest BCUT2D eigenvalue weighted by molar-refractivity contribution is 14.0. The van der Waals surface area contributed by atoms with Gasteiger partial charge in [0.2, 0.25) is 5.88 Å². The number of fused-ring (bicyclic) bond motifs is 2. The van der Waals surface area contributed by atoms with Gasteiger partial charge < -0.3 is 20.1 Å². The second-order valence-corrected chi connectivity index (χ2v) is 6.84. The fourth-order valence-electron chi connectivity index (χ4n) is 3.59. The molecule has 0 spiro atoms. The molecule has 2 aliphatic rings. The molecule has 6 nitrogen and oxygen atoms in total. The Hall–Kier alpha value is -1.94. The summed E-state index contributed by atoms with van der Waals surface area (Å²) in [7, 11) is 1.76. The maximum absolute atomic E-state index is 13.0. The summed E-state index contributed by atoms with van der Waals surface area (Å²) in [6.07, 6.45) is 5.71. The van der Waals surface area contributed by atoms with E-state index in [9.17, 15) is 4.39 Å². The monoisotopic (exact) mass is 498 g/mol. The van der Waals surface area contributed by atoms with Gasteiger partial charge in [-0.1, -0.05) is 0 Å². The predicted octanol–water partition coefficient (Wildman–Crippen LogP) is 3.62. The average molecular weight is 498 g/mol. The van der Waals surface area contributed by atoms with Crippen molar-refractivity contribution < 1.29 is 13.9 Å². The number of hydrogen-bond acceptors (Lipinski definition) is 4. The molecule has 2 bridgehead atoms. The molecule has 8 heteroatoms. The second-order valence-electron chi connectivity index (χ2n) is 6.84. The van der Waals surface area contributed by atoms with E-state index in [1.165, 1.54) is 18.6 Å². The normalized spacial score (nSPS) is 23.2. The summed E-state index contributed by atoms with van der Waals surface area (Å²) in [4.78, 5) is 8.51. The largest absolute Gasteiger partial charge is 0.439 e. The molecule has 1 aromatic heterocycles. The molecule has 1 aromatic carbocycles. The lowest BCUT2D eigenvalue weighted by atomic mass is 9.96. The van der Waals surface area contributed by atoms with Crippen LogP contribution in [0, 0.1) is 5.82 Å². The van der Waals surface area contributed by atoms with Crippen LogP contribution >= 0.6 is 24.0 Å². The van der Waals surface area contributed by atoms with Crippen LogP contribution in [-0.4, -0.2) is 36.2 Å². The molecule has 2 aliphatic heterocycles. The smallest absolute Gasteiger partial charge is 0.219 e. The van der Waals surface area contributed by atoms with E-state index in [0.717, 1.165) is 24.4 Å². The van der Waals surface area contributed by atoms with Gasteiger partial charge in [-0.15, -0.1) is 24.0 Å². The average Bonchev–Trinajstić information content (AvgIpc) is 3.30. The fourth-order valence-corrected chi connectivity index (χ4v) is 3.59. The molecule has 3 heterocycles. The van der Waals surface area contributed by atoms with Gasteiger partial charge in [-0.25, -0.2) is 9.37 Å². The van der Waals surface area contributed by atoms with E-state index in [-0.39, 0.29) is 29.8 Å². The number of nitrogens with one attached hydrogen (secondary N) is 2. The van der Waals surface area contributed by atoms with E-state index in [1.54, 1.807) is 25.4 Å². The second kappa shape index (κ2) is 9.51. The van der Waals surface area contributed by atoms with Gasteiger partial charge in [0.05, 0.1) is 18.2 Å². The number of rotatable bonds is 5. The first-order valence-corrected chi connectivity index (χ1v) is 9.20. The van der Waals surface area contributed by atoms with E-state index >= 15 is 0 Å². The predicted molar refractivity (Wildman–Crippen MR) is 116 cm³/mol. The standard InChI is InChI=1S/C20H23FN4O2.HI/c1-22-20(25-17-11-16-6-7-18(17)26-16)24-12-13-8-9-23-19(10-13)27-15-4-2-14(21)3-5-15;/h2-5,8-10,16-18H,6-7,11-12H2,1H3,(H2,22,24,25);1H. The minimum absolute atomic E-state index is 0. The first-order valence-electron chi connectivity index (χ1n) is 9.20. The van der Waals surface area contributed by atoms with Crippen molar-refractivity contribution in [3.63, 3.8) is 0 Å². The lowest BCUT2D eigenvalue weighted by molar-refractivity contribution is 0.0992. The number of ether oxygens (including phenoxy) is 2. The lowest BCUT2D eigenvalue weighted by Crippen LogP contribution is -2.47. The van der Waals surface area contributed by atoms with Gasteiger partial charge in [-0.3, -0.25) is 4.99 Å². The summed E-state index contributed by atoms with van der Waals surface area (Å²) in [5.74, 6) is 1.47. The highest BCUT2D eigenvalue weighted by Crippen LogP contribution is 2.34. The van der Waals surface area contributed by atoms with Crippen LogP contribution in [-0.2, 0) is 11.3 Å². The third kappa shape index (κ3) is 5.11. The Balaban J connectivity index is 0.00000225. The van der Waals surface area contributed by atoms with Crippen LogP contribution in [0.4, 0.5) is 4.39 Å². The minimum atomic E-state index is -0.298. The molecule has 2 fully saturated rings. The van der Waals surface area contributed by atoms with Crippen molar-refractivity contribution in [1.82, 2.24) is 15.6 Å². The van der Waals surface area contributed by atoms with Crippen molar-refractivity contribution >= 4 is 29.9 Å². The number of halogens is 2.